The number of nitrogens with one attached hydrogen (secondary N) is 2. The Labute approximate surface area is 250 Å². The molecule has 4 heterocycles. The van der Waals surface area contributed by atoms with Gasteiger partial charge < -0.3 is 39.7 Å². The van der Waals surface area contributed by atoms with E-state index in [4.69, 9.17) is 24.4 Å². The van der Waals surface area contributed by atoms with Crippen molar-refractivity contribution in [3.05, 3.63) is 54.1 Å². The standard InChI is InChI=1S/C30H37N9O4/c1-36-10-12-37(13-11-36)27(40)23-4-8-25(9-5-23)32-30(41)31-24-6-2-22(3-7-24)26-33-28(38-14-18-42-19-15-38)35-29(34-26)39-16-20-43-21-17-39/h2-9H,10-21H2,1H3,(H2,31,32,41). The summed E-state index contributed by atoms with van der Waals surface area (Å²) in [6, 6.07) is 14.0. The maximum absolute atomic E-state index is 12.8. The van der Waals surface area contributed by atoms with Crippen LogP contribution in [0.15, 0.2) is 48.5 Å². The fourth-order valence-corrected chi connectivity index (χ4v) is 5.18. The molecule has 3 saturated heterocycles. The Bertz CT molecular complexity index is 1360. The van der Waals surface area contributed by atoms with Crippen LogP contribution in [0.3, 0.4) is 0 Å². The summed E-state index contributed by atoms with van der Waals surface area (Å²) in [7, 11) is 2.06. The van der Waals surface area contributed by atoms with E-state index < -0.39 is 0 Å². The molecule has 43 heavy (non-hydrogen) atoms. The molecule has 13 nitrogen and oxygen atoms in total. The van der Waals surface area contributed by atoms with Crippen LogP contribution in [0.4, 0.5) is 28.1 Å². The number of rotatable bonds is 6. The molecule has 3 fully saturated rings. The van der Waals surface area contributed by atoms with Gasteiger partial charge in [0.1, 0.15) is 0 Å². The number of anilines is 4. The minimum Gasteiger partial charge on any atom is -0.378 e. The van der Waals surface area contributed by atoms with Crippen molar-refractivity contribution in [3.8, 4) is 11.4 Å². The van der Waals surface area contributed by atoms with Gasteiger partial charge in [-0.15, -0.1) is 0 Å². The van der Waals surface area contributed by atoms with Gasteiger partial charge in [-0.1, -0.05) is 0 Å². The van der Waals surface area contributed by atoms with Crippen LogP contribution in [0.2, 0.25) is 0 Å². The van der Waals surface area contributed by atoms with Crippen LogP contribution in [-0.4, -0.2) is 123 Å². The first kappa shape index (κ1) is 28.8. The summed E-state index contributed by atoms with van der Waals surface area (Å²) >= 11 is 0. The molecule has 3 amide bonds. The smallest absolute Gasteiger partial charge is 0.323 e. The molecule has 2 N–H and O–H groups in total. The molecule has 3 aliphatic rings. The normalized spacial score (nSPS) is 17.9. The summed E-state index contributed by atoms with van der Waals surface area (Å²) in [5.74, 6) is 1.84. The summed E-state index contributed by atoms with van der Waals surface area (Å²) in [5.41, 5.74) is 2.65. The largest absolute Gasteiger partial charge is 0.378 e. The van der Waals surface area contributed by atoms with E-state index in [9.17, 15) is 9.59 Å². The van der Waals surface area contributed by atoms with E-state index >= 15 is 0 Å². The first-order chi connectivity index (χ1) is 21.0. The van der Waals surface area contributed by atoms with Gasteiger partial charge in [0, 0.05) is 74.9 Å². The molecule has 0 unspecified atom stereocenters. The van der Waals surface area contributed by atoms with Crippen LogP contribution in [0.25, 0.3) is 11.4 Å². The minimum atomic E-state index is -0.379. The highest BCUT2D eigenvalue weighted by atomic mass is 16.5. The van der Waals surface area contributed by atoms with Crippen LogP contribution in [0.1, 0.15) is 10.4 Å². The van der Waals surface area contributed by atoms with Gasteiger partial charge in [-0.2, -0.15) is 15.0 Å². The molecule has 13 heteroatoms. The zero-order valence-electron chi connectivity index (χ0n) is 24.4. The van der Waals surface area contributed by atoms with E-state index in [1.807, 2.05) is 29.2 Å². The van der Waals surface area contributed by atoms with Crippen molar-refractivity contribution in [2.45, 2.75) is 0 Å². The third-order valence-electron chi connectivity index (χ3n) is 7.78. The van der Waals surface area contributed by atoms with Crippen molar-refractivity contribution >= 4 is 35.2 Å². The maximum Gasteiger partial charge on any atom is 0.323 e. The van der Waals surface area contributed by atoms with Crippen LogP contribution in [0, 0.1) is 0 Å². The minimum absolute atomic E-state index is 0.0106. The van der Waals surface area contributed by atoms with Gasteiger partial charge in [0.05, 0.1) is 26.4 Å². The quantitative estimate of drug-likeness (QED) is 0.443. The first-order valence-corrected chi connectivity index (χ1v) is 14.7. The lowest BCUT2D eigenvalue weighted by Crippen LogP contribution is -2.47. The summed E-state index contributed by atoms with van der Waals surface area (Å²) in [5, 5.41) is 5.69. The van der Waals surface area contributed by atoms with Gasteiger partial charge in [-0.25, -0.2) is 4.79 Å². The van der Waals surface area contributed by atoms with E-state index in [-0.39, 0.29) is 11.9 Å². The molecule has 3 aliphatic heterocycles. The van der Waals surface area contributed by atoms with Crippen molar-refractivity contribution in [3.63, 3.8) is 0 Å². The van der Waals surface area contributed by atoms with Crippen LogP contribution in [0.5, 0.6) is 0 Å². The summed E-state index contributed by atoms with van der Waals surface area (Å²) in [6.07, 6.45) is 0. The topological polar surface area (TPSA) is 128 Å². The summed E-state index contributed by atoms with van der Waals surface area (Å²) in [4.78, 5) is 48.1. The van der Waals surface area contributed by atoms with Gasteiger partial charge in [0.15, 0.2) is 5.82 Å². The van der Waals surface area contributed by atoms with Crippen molar-refractivity contribution in [2.75, 3.05) is 106 Å². The Morgan fingerprint density at radius 1 is 0.651 bits per heavy atom. The van der Waals surface area contributed by atoms with Crippen LogP contribution in [-0.2, 0) is 9.47 Å². The molecule has 2 aromatic carbocycles. The van der Waals surface area contributed by atoms with Gasteiger partial charge in [-0.3, -0.25) is 4.79 Å². The SMILES string of the molecule is CN1CCN(C(=O)c2ccc(NC(=O)Nc3ccc(-c4nc(N5CCOCC5)nc(N5CCOCC5)n4)cc3)cc2)CC1. The van der Waals surface area contributed by atoms with Gasteiger partial charge in [-0.05, 0) is 55.6 Å². The highest BCUT2D eigenvalue weighted by Crippen LogP contribution is 2.24. The van der Waals surface area contributed by atoms with E-state index in [0.29, 0.717) is 74.2 Å². The zero-order chi connectivity index (χ0) is 29.6. The molecule has 0 radical (unpaired) electrons. The third kappa shape index (κ3) is 7.19. The highest BCUT2D eigenvalue weighted by Gasteiger charge is 2.22. The number of amides is 3. The number of carbonyl (C=O) groups is 2. The Morgan fingerprint density at radius 3 is 1.65 bits per heavy atom. The van der Waals surface area contributed by atoms with Crippen LogP contribution < -0.4 is 20.4 Å². The second-order valence-electron chi connectivity index (χ2n) is 10.8. The van der Waals surface area contributed by atoms with E-state index in [2.05, 4.69) is 32.4 Å². The maximum atomic E-state index is 12.8. The predicted octanol–water partition coefficient (Wildman–Crippen LogP) is 2.24. The fourth-order valence-electron chi connectivity index (χ4n) is 5.18. The van der Waals surface area contributed by atoms with Crippen LogP contribution >= 0.6 is 0 Å². The van der Waals surface area contributed by atoms with Gasteiger partial charge in [0.2, 0.25) is 11.9 Å². The predicted molar refractivity (Wildman–Crippen MR) is 164 cm³/mol. The molecule has 226 valence electrons. The molecule has 0 aliphatic carbocycles. The lowest BCUT2D eigenvalue weighted by atomic mass is 10.1. The van der Waals surface area contributed by atoms with E-state index in [1.165, 1.54) is 0 Å². The Morgan fingerprint density at radius 2 is 1.14 bits per heavy atom. The molecular formula is C30H37N9O4. The number of hydrogen-bond donors (Lipinski definition) is 2. The third-order valence-corrected chi connectivity index (χ3v) is 7.78. The molecule has 0 spiro atoms. The van der Waals surface area contributed by atoms with Crippen molar-refractivity contribution in [1.29, 1.82) is 0 Å². The first-order valence-electron chi connectivity index (χ1n) is 14.7. The zero-order valence-corrected chi connectivity index (χ0v) is 24.4. The fraction of sp³-hybridized carbons (Fsp3) is 0.433. The Balaban J connectivity index is 1.10. The number of likely N-dealkylation sites (N-methyl/N-ethyl adjacent to an activating group) is 1. The molecule has 6 rings (SSSR count). The lowest BCUT2D eigenvalue weighted by Gasteiger charge is -2.32. The molecule has 0 atom stereocenters. The Hall–Kier alpha value is -4.33. The molecule has 0 bridgehead atoms. The number of aromatic nitrogens is 3. The number of ether oxygens (including phenoxy) is 2. The van der Waals surface area contributed by atoms with Gasteiger partial charge in [0.25, 0.3) is 5.91 Å². The Kier molecular flexibility index (Phi) is 8.91. The average molecular weight is 588 g/mol. The van der Waals surface area contributed by atoms with E-state index in [1.54, 1.807) is 24.3 Å². The second kappa shape index (κ2) is 13.3. The number of piperazine rings is 1. The summed E-state index contributed by atoms with van der Waals surface area (Å²) in [6.45, 7) is 8.59. The van der Waals surface area contributed by atoms with E-state index in [0.717, 1.165) is 44.8 Å². The monoisotopic (exact) mass is 587 g/mol. The molecule has 3 aromatic rings. The molecule has 0 saturated carbocycles. The molecular weight excluding hydrogens is 550 g/mol. The number of benzene rings is 2. The second-order valence-corrected chi connectivity index (χ2v) is 10.8. The van der Waals surface area contributed by atoms with Crippen molar-refractivity contribution in [2.24, 2.45) is 0 Å². The highest BCUT2D eigenvalue weighted by molar-refractivity contribution is 6.00. The average Bonchev–Trinajstić information content (AvgIpc) is 3.06. The number of hydrogen-bond acceptors (Lipinski definition) is 10. The van der Waals surface area contributed by atoms with Crippen molar-refractivity contribution in [1.82, 2.24) is 24.8 Å². The number of urea groups is 1. The number of carbonyl (C=O) groups excluding carboxylic acids is 2. The molecule has 1 aromatic heterocycles. The summed E-state index contributed by atoms with van der Waals surface area (Å²) < 4.78 is 11.0. The van der Waals surface area contributed by atoms with Gasteiger partial charge >= 0.3 is 6.03 Å². The number of morpholine rings is 2. The number of nitrogens with zero attached hydrogens (tertiary/aromatic N) is 7. The van der Waals surface area contributed by atoms with Crippen molar-refractivity contribution < 1.29 is 19.1 Å². The lowest BCUT2D eigenvalue weighted by molar-refractivity contribution is 0.0664.